The third kappa shape index (κ3) is 2.29. The molecule has 3 nitrogen and oxygen atoms in total. The van der Waals surface area contributed by atoms with Gasteiger partial charge < -0.3 is 10.6 Å². The molecule has 1 fully saturated rings. The molecule has 4 heteroatoms. The van der Waals surface area contributed by atoms with Gasteiger partial charge in [-0.15, -0.1) is 0 Å². The number of benzene rings is 1. The van der Waals surface area contributed by atoms with Gasteiger partial charge in [-0.25, -0.2) is 0 Å². The van der Waals surface area contributed by atoms with Gasteiger partial charge in [0.2, 0.25) is 0 Å². The van der Waals surface area contributed by atoms with E-state index in [1.807, 2.05) is 24.3 Å². The second kappa shape index (κ2) is 4.32. The molecule has 0 spiro atoms. The Hall–Kier alpha value is -1.24. The van der Waals surface area contributed by atoms with Crippen molar-refractivity contribution < 1.29 is 0 Å². The molecule has 0 aliphatic carbocycles. The maximum atomic E-state index is 8.93. The number of hydrogen-bond donors (Lipinski definition) is 1. The van der Waals surface area contributed by atoms with E-state index in [0.29, 0.717) is 12.8 Å². The molecule has 2 N–H and O–H groups in total. The van der Waals surface area contributed by atoms with E-state index in [1.54, 1.807) is 0 Å². The third-order valence-electron chi connectivity index (χ3n) is 3.07. The van der Waals surface area contributed by atoms with E-state index in [-0.39, 0.29) is 0 Å². The van der Waals surface area contributed by atoms with Crippen LogP contribution in [0.1, 0.15) is 12.8 Å². The smallest absolute Gasteiger partial charge is 0.107 e. The molecule has 1 aromatic rings. The van der Waals surface area contributed by atoms with Crippen LogP contribution in [0.3, 0.4) is 0 Å². The summed E-state index contributed by atoms with van der Waals surface area (Å²) in [6, 6.07) is 9.95. The Kier molecular flexibility index (Phi) is 3.04. The lowest BCUT2D eigenvalue weighted by Crippen LogP contribution is -2.49. The van der Waals surface area contributed by atoms with Crippen LogP contribution in [0.25, 0.3) is 0 Å². The minimum absolute atomic E-state index is 0.636. The SMILES string of the molecule is N#CC1(N)CCN(c2ccc(Cl)cc2)CC1. The molecule has 0 unspecified atom stereocenters. The fraction of sp³-hybridized carbons (Fsp3) is 0.417. The van der Waals surface area contributed by atoms with Crippen molar-refractivity contribution in [1.29, 1.82) is 5.26 Å². The van der Waals surface area contributed by atoms with E-state index in [0.717, 1.165) is 23.8 Å². The Morgan fingerprint density at radius 1 is 1.25 bits per heavy atom. The number of anilines is 1. The topological polar surface area (TPSA) is 53.1 Å². The molecule has 0 radical (unpaired) electrons. The zero-order valence-corrected chi connectivity index (χ0v) is 9.74. The first kappa shape index (κ1) is 11.3. The summed E-state index contributed by atoms with van der Waals surface area (Å²) in [6.45, 7) is 1.65. The van der Waals surface area contributed by atoms with Crippen LogP contribution in [0.4, 0.5) is 5.69 Å². The van der Waals surface area contributed by atoms with Gasteiger partial charge in [0.1, 0.15) is 5.54 Å². The quantitative estimate of drug-likeness (QED) is 0.812. The summed E-state index contributed by atoms with van der Waals surface area (Å²) < 4.78 is 0. The number of nitrogens with two attached hydrogens (primary N) is 1. The highest BCUT2D eigenvalue weighted by Gasteiger charge is 2.30. The summed E-state index contributed by atoms with van der Waals surface area (Å²) in [5.41, 5.74) is 6.42. The summed E-state index contributed by atoms with van der Waals surface area (Å²) in [7, 11) is 0. The second-order valence-corrected chi connectivity index (χ2v) is 4.67. The summed E-state index contributed by atoms with van der Waals surface area (Å²) in [6.07, 6.45) is 1.43. The van der Waals surface area contributed by atoms with E-state index >= 15 is 0 Å². The maximum absolute atomic E-state index is 8.93. The number of piperidine rings is 1. The van der Waals surface area contributed by atoms with Gasteiger partial charge in [0, 0.05) is 23.8 Å². The molecule has 16 heavy (non-hydrogen) atoms. The molecule has 0 atom stereocenters. The van der Waals surface area contributed by atoms with Crippen LogP contribution in [-0.2, 0) is 0 Å². The Balaban J connectivity index is 2.05. The molecule has 1 saturated heterocycles. The fourth-order valence-corrected chi connectivity index (χ4v) is 2.05. The van der Waals surface area contributed by atoms with E-state index in [2.05, 4.69) is 11.0 Å². The van der Waals surface area contributed by atoms with Crippen molar-refractivity contribution in [3.8, 4) is 6.07 Å². The predicted octanol–water partition coefficient (Wildman–Crippen LogP) is 2.16. The Morgan fingerprint density at radius 3 is 2.31 bits per heavy atom. The lowest BCUT2D eigenvalue weighted by Gasteiger charge is -2.36. The second-order valence-electron chi connectivity index (χ2n) is 4.23. The van der Waals surface area contributed by atoms with Crippen LogP contribution in [0.5, 0.6) is 0 Å². The molecule has 1 aliphatic heterocycles. The van der Waals surface area contributed by atoms with Gasteiger partial charge in [0.15, 0.2) is 0 Å². The van der Waals surface area contributed by atoms with Gasteiger partial charge in [0.05, 0.1) is 6.07 Å². The predicted molar refractivity (Wildman–Crippen MR) is 65.4 cm³/mol. The monoisotopic (exact) mass is 235 g/mol. The molecule has 0 aromatic heterocycles. The van der Waals surface area contributed by atoms with Gasteiger partial charge in [-0.2, -0.15) is 5.26 Å². The van der Waals surface area contributed by atoms with Gasteiger partial charge in [0.25, 0.3) is 0 Å². The van der Waals surface area contributed by atoms with Crippen LogP contribution < -0.4 is 10.6 Å². The van der Waals surface area contributed by atoms with Crippen LogP contribution in [0, 0.1) is 11.3 Å². The Morgan fingerprint density at radius 2 is 1.81 bits per heavy atom. The maximum Gasteiger partial charge on any atom is 0.107 e. The number of nitriles is 1. The Labute approximate surface area is 100 Å². The molecular weight excluding hydrogens is 222 g/mol. The summed E-state index contributed by atoms with van der Waals surface area (Å²) >= 11 is 5.84. The van der Waals surface area contributed by atoms with E-state index < -0.39 is 5.54 Å². The standard InChI is InChI=1S/C12H14ClN3/c13-10-1-3-11(4-2-10)16-7-5-12(15,9-14)6-8-16/h1-4H,5-8,15H2. The van der Waals surface area contributed by atoms with E-state index in [4.69, 9.17) is 22.6 Å². The number of halogens is 1. The normalized spacial score (nSPS) is 19.2. The highest BCUT2D eigenvalue weighted by molar-refractivity contribution is 6.30. The fourth-order valence-electron chi connectivity index (χ4n) is 1.93. The third-order valence-corrected chi connectivity index (χ3v) is 3.32. The molecular formula is C12H14ClN3. The number of rotatable bonds is 1. The molecule has 0 amide bonds. The van der Waals surface area contributed by atoms with Crippen molar-refractivity contribution in [1.82, 2.24) is 0 Å². The average molecular weight is 236 g/mol. The van der Waals surface area contributed by atoms with Crippen LogP contribution >= 0.6 is 11.6 Å². The van der Waals surface area contributed by atoms with Crippen molar-refractivity contribution in [3.05, 3.63) is 29.3 Å². The molecule has 0 saturated carbocycles. The van der Waals surface area contributed by atoms with Crippen molar-refractivity contribution >= 4 is 17.3 Å². The lowest BCUT2D eigenvalue weighted by atomic mass is 9.90. The molecule has 1 heterocycles. The molecule has 84 valence electrons. The number of nitrogens with zero attached hydrogens (tertiary/aromatic N) is 2. The highest BCUT2D eigenvalue weighted by Crippen LogP contribution is 2.25. The minimum Gasteiger partial charge on any atom is -0.371 e. The van der Waals surface area contributed by atoms with Crippen LogP contribution in [0.15, 0.2) is 24.3 Å². The summed E-state index contributed by atoms with van der Waals surface area (Å²) in [5, 5.41) is 9.67. The number of hydrogen-bond acceptors (Lipinski definition) is 3. The minimum atomic E-state index is -0.636. The Bertz CT molecular complexity index is 399. The summed E-state index contributed by atoms with van der Waals surface area (Å²) in [4.78, 5) is 2.23. The lowest BCUT2D eigenvalue weighted by molar-refractivity contribution is 0.415. The van der Waals surface area contributed by atoms with E-state index in [9.17, 15) is 0 Å². The van der Waals surface area contributed by atoms with Gasteiger partial charge in [-0.1, -0.05) is 11.6 Å². The van der Waals surface area contributed by atoms with Gasteiger partial charge >= 0.3 is 0 Å². The zero-order valence-electron chi connectivity index (χ0n) is 8.99. The van der Waals surface area contributed by atoms with E-state index in [1.165, 1.54) is 0 Å². The molecule has 2 rings (SSSR count). The highest BCUT2D eigenvalue weighted by atomic mass is 35.5. The first-order valence-corrected chi connectivity index (χ1v) is 5.71. The van der Waals surface area contributed by atoms with Crippen LogP contribution in [0.2, 0.25) is 5.02 Å². The van der Waals surface area contributed by atoms with Crippen molar-refractivity contribution in [2.45, 2.75) is 18.4 Å². The molecule has 1 aromatic carbocycles. The molecule has 1 aliphatic rings. The first-order valence-electron chi connectivity index (χ1n) is 5.34. The first-order chi connectivity index (χ1) is 7.63. The van der Waals surface area contributed by atoms with Gasteiger partial charge in [-0.05, 0) is 37.1 Å². The van der Waals surface area contributed by atoms with Gasteiger partial charge in [-0.3, -0.25) is 0 Å². The van der Waals surface area contributed by atoms with Crippen molar-refractivity contribution in [2.75, 3.05) is 18.0 Å². The average Bonchev–Trinajstić information content (AvgIpc) is 2.32. The summed E-state index contributed by atoms with van der Waals surface area (Å²) in [5.74, 6) is 0. The van der Waals surface area contributed by atoms with Crippen LogP contribution in [-0.4, -0.2) is 18.6 Å². The largest absolute Gasteiger partial charge is 0.371 e. The van der Waals surface area contributed by atoms with Crippen molar-refractivity contribution in [2.24, 2.45) is 5.73 Å². The zero-order chi connectivity index (χ0) is 11.6. The molecule has 0 bridgehead atoms. The van der Waals surface area contributed by atoms with Crippen molar-refractivity contribution in [3.63, 3.8) is 0 Å².